The van der Waals surface area contributed by atoms with Crippen LogP contribution in [0.2, 0.25) is 0 Å². The number of nitrogens with zero attached hydrogens (tertiary/aromatic N) is 1. The van der Waals surface area contributed by atoms with Crippen LogP contribution in [-0.2, 0) is 10.0 Å². The molecule has 1 fully saturated rings. The van der Waals surface area contributed by atoms with Gasteiger partial charge in [0.1, 0.15) is 0 Å². The molecule has 0 radical (unpaired) electrons. The van der Waals surface area contributed by atoms with Crippen molar-refractivity contribution in [2.24, 2.45) is 5.92 Å². The van der Waals surface area contributed by atoms with Crippen molar-refractivity contribution in [3.63, 3.8) is 0 Å². The van der Waals surface area contributed by atoms with E-state index in [1.165, 1.54) is 0 Å². The lowest BCUT2D eigenvalue weighted by Gasteiger charge is -2.36. The van der Waals surface area contributed by atoms with Crippen LogP contribution in [0.15, 0.2) is 12.1 Å². The number of ether oxygens (including phenoxy) is 2. The van der Waals surface area contributed by atoms with Gasteiger partial charge in [0, 0.05) is 32.0 Å². The van der Waals surface area contributed by atoms with Crippen LogP contribution in [0.5, 0.6) is 11.5 Å². The van der Waals surface area contributed by atoms with E-state index in [1.807, 2.05) is 13.0 Å². The third kappa shape index (κ3) is 6.80. The molecule has 0 aromatic heterocycles. The van der Waals surface area contributed by atoms with Gasteiger partial charge in [-0.1, -0.05) is 6.07 Å². The molecule has 0 bridgehead atoms. The van der Waals surface area contributed by atoms with Crippen molar-refractivity contribution < 1.29 is 27.8 Å². The molecule has 2 unspecified atom stereocenters. The number of aliphatic hydroxyl groups excluding tert-OH is 1. The predicted molar refractivity (Wildman–Crippen MR) is 117 cm³/mol. The lowest BCUT2D eigenvalue weighted by atomic mass is 9.93. The quantitative estimate of drug-likeness (QED) is 0.489. The molecule has 2 aliphatic rings. The van der Waals surface area contributed by atoms with Crippen LogP contribution in [0.1, 0.15) is 35.2 Å². The molecule has 1 amide bonds. The number of benzene rings is 1. The molecule has 0 spiro atoms. The molecule has 31 heavy (non-hydrogen) atoms. The normalized spacial score (nSPS) is 22.0. The summed E-state index contributed by atoms with van der Waals surface area (Å²) in [4.78, 5) is 14.9. The van der Waals surface area contributed by atoms with E-state index in [0.717, 1.165) is 31.2 Å². The minimum Gasteiger partial charge on any atom is -0.489 e. The maximum absolute atomic E-state index is 12.8. The molecule has 3 N–H and O–H groups in total. The van der Waals surface area contributed by atoms with E-state index in [2.05, 4.69) is 14.9 Å². The number of carbonyl (C=O) groups excluding carboxylic acids is 1. The fraction of sp³-hybridized carbons (Fsp3) is 0.667. The van der Waals surface area contributed by atoms with Gasteiger partial charge < -0.3 is 24.8 Å². The standard InChI is InChI=1S/C21H33N3O6S/c1-15-5-6-17(20-19(15)29-11-4-12-30-20)21(26)22-13-16-7-10-24(14-18(16)25)9-3-8-23-31(2,27)28/h5-6,16,18,23,25H,3-4,7-14H2,1-2H3,(H,22,26). The Morgan fingerprint density at radius 3 is 2.71 bits per heavy atom. The van der Waals surface area contributed by atoms with Gasteiger partial charge in [0.05, 0.1) is 31.1 Å². The third-order valence-electron chi connectivity index (χ3n) is 5.68. The van der Waals surface area contributed by atoms with E-state index in [4.69, 9.17) is 9.47 Å². The number of sulfonamides is 1. The number of hydrogen-bond acceptors (Lipinski definition) is 7. The first-order valence-electron chi connectivity index (χ1n) is 10.8. The highest BCUT2D eigenvalue weighted by atomic mass is 32.2. The van der Waals surface area contributed by atoms with Gasteiger partial charge in [-0.15, -0.1) is 0 Å². The number of rotatable bonds is 8. The Bertz CT molecular complexity index is 876. The summed E-state index contributed by atoms with van der Waals surface area (Å²) in [5, 5.41) is 13.5. The lowest BCUT2D eigenvalue weighted by Crippen LogP contribution is -2.48. The van der Waals surface area contributed by atoms with Gasteiger partial charge in [-0.3, -0.25) is 4.79 Å². The molecule has 0 aliphatic carbocycles. The Hall–Kier alpha value is -1.88. The molecular formula is C21H33N3O6S. The summed E-state index contributed by atoms with van der Waals surface area (Å²) in [6, 6.07) is 3.61. The molecule has 9 nitrogen and oxygen atoms in total. The number of aliphatic hydroxyl groups is 1. The summed E-state index contributed by atoms with van der Waals surface area (Å²) in [6.45, 7) is 5.79. The molecule has 1 aromatic carbocycles. The van der Waals surface area contributed by atoms with Crippen molar-refractivity contribution in [3.05, 3.63) is 23.3 Å². The molecule has 1 aromatic rings. The second-order valence-electron chi connectivity index (χ2n) is 8.29. The van der Waals surface area contributed by atoms with Gasteiger partial charge in [0.2, 0.25) is 10.0 Å². The predicted octanol–water partition coefficient (Wildman–Crippen LogP) is 0.508. The fourth-order valence-electron chi connectivity index (χ4n) is 3.94. The lowest BCUT2D eigenvalue weighted by molar-refractivity contribution is 0.0219. The number of β-amino-alcohol motifs (C(OH)–C–C–N with tert-alkyl or cyclic N) is 1. The fourth-order valence-corrected chi connectivity index (χ4v) is 4.45. The monoisotopic (exact) mass is 455 g/mol. The molecule has 0 saturated carbocycles. The largest absolute Gasteiger partial charge is 0.489 e. The highest BCUT2D eigenvalue weighted by molar-refractivity contribution is 7.88. The summed E-state index contributed by atoms with van der Waals surface area (Å²) in [7, 11) is -3.17. The van der Waals surface area contributed by atoms with Crippen LogP contribution in [0, 0.1) is 12.8 Å². The van der Waals surface area contributed by atoms with E-state index in [-0.39, 0.29) is 11.8 Å². The van der Waals surface area contributed by atoms with Crippen molar-refractivity contribution in [2.75, 3.05) is 52.2 Å². The van der Waals surface area contributed by atoms with Gasteiger partial charge in [-0.2, -0.15) is 0 Å². The zero-order valence-electron chi connectivity index (χ0n) is 18.2. The zero-order valence-corrected chi connectivity index (χ0v) is 19.0. The number of amides is 1. The molecule has 3 rings (SSSR count). The van der Waals surface area contributed by atoms with Crippen molar-refractivity contribution in [2.45, 2.75) is 32.3 Å². The molecule has 2 aliphatic heterocycles. The minimum absolute atomic E-state index is 0.0319. The second kappa shape index (κ2) is 10.6. The first-order chi connectivity index (χ1) is 14.7. The molecule has 174 valence electrons. The summed E-state index contributed by atoms with van der Waals surface area (Å²) in [5.41, 5.74) is 1.38. The number of hydrogen-bond donors (Lipinski definition) is 3. The highest BCUT2D eigenvalue weighted by Gasteiger charge is 2.28. The van der Waals surface area contributed by atoms with Crippen LogP contribution in [0.25, 0.3) is 0 Å². The summed E-state index contributed by atoms with van der Waals surface area (Å²) >= 11 is 0. The molecule has 1 saturated heterocycles. The van der Waals surface area contributed by atoms with Gasteiger partial charge >= 0.3 is 0 Å². The van der Waals surface area contributed by atoms with Gasteiger partial charge in [0.15, 0.2) is 11.5 Å². The number of piperidine rings is 1. The SMILES string of the molecule is Cc1ccc(C(=O)NCC2CCN(CCCNS(C)(=O)=O)CC2O)c2c1OCCCO2. The highest BCUT2D eigenvalue weighted by Crippen LogP contribution is 2.36. The number of aryl methyl sites for hydroxylation is 1. The van der Waals surface area contributed by atoms with Gasteiger partial charge in [-0.05, 0) is 44.5 Å². The third-order valence-corrected chi connectivity index (χ3v) is 6.41. The molecule has 2 heterocycles. The Balaban J connectivity index is 1.48. The summed E-state index contributed by atoms with van der Waals surface area (Å²) in [5.74, 6) is 0.857. The van der Waals surface area contributed by atoms with Crippen LogP contribution < -0.4 is 19.5 Å². The smallest absolute Gasteiger partial charge is 0.255 e. The number of nitrogens with one attached hydrogen (secondary N) is 2. The first kappa shape index (κ1) is 23.8. The molecule has 10 heteroatoms. The summed E-state index contributed by atoms with van der Waals surface area (Å²) in [6.07, 6.45) is 2.80. The van der Waals surface area contributed by atoms with Crippen LogP contribution >= 0.6 is 0 Å². The van der Waals surface area contributed by atoms with Crippen molar-refractivity contribution in [3.8, 4) is 11.5 Å². The Morgan fingerprint density at radius 2 is 2.00 bits per heavy atom. The van der Waals surface area contributed by atoms with E-state index in [1.54, 1.807) is 6.07 Å². The van der Waals surface area contributed by atoms with Gasteiger partial charge in [0.25, 0.3) is 5.91 Å². The zero-order chi connectivity index (χ0) is 22.4. The topological polar surface area (TPSA) is 117 Å². The maximum atomic E-state index is 12.8. The Kier molecular flexibility index (Phi) is 8.15. The van der Waals surface area contributed by atoms with Crippen molar-refractivity contribution >= 4 is 15.9 Å². The van der Waals surface area contributed by atoms with E-state index in [9.17, 15) is 18.3 Å². The van der Waals surface area contributed by atoms with Crippen molar-refractivity contribution in [1.82, 2.24) is 14.9 Å². The Labute approximate surface area is 184 Å². The summed E-state index contributed by atoms with van der Waals surface area (Å²) < 4.78 is 36.2. The van der Waals surface area contributed by atoms with Crippen molar-refractivity contribution in [1.29, 1.82) is 0 Å². The molecular weight excluding hydrogens is 422 g/mol. The maximum Gasteiger partial charge on any atom is 0.255 e. The number of likely N-dealkylation sites (tertiary alicyclic amines) is 1. The average Bonchev–Trinajstić information content (AvgIpc) is 2.97. The minimum atomic E-state index is -3.17. The van der Waals surface area contributed by atoms with Crippen LogP contribution in [0.3, 0.4) is 0 Å². The number of fused-ring (bicyclic) bond motifs is 1. The second-order valence-corrected chi connectivity index (χ2v) is 10.1. The average molecular weight is 456 g/mol. The van der Waals surface area contributed by atoms with E-state index in [0.29, 0.717) is 62.9 Å². The first-order valence-corrected chi connectivity index (χ1v) is 12.7. The molecule has 2 atom stereocenters. The number of carbonyl (C=O) groups is 1. The van der Waals surface area contributed by atoms with Gasteiger partial charge in [-0.25, -0.2) is 13.1 Å². The Morgan fingerprint density at radius 1 is 1.26 bits per heavy atom. The van der Waals surface area contributed by atoms with E-state index < -0.39 is 16.1 Å². The van der Waals surface area contributed by atoms with E-state index >= 15 is 0 Å². The van der Waals surface area contributed by atoms with Crippen LogP contribution in [-0.4, -0.2) is 82.6 Å². The van der Waals surface area contributed by atoms with Crippen LogP contribution in [0.4, 0.5) is 0 Å².